The van der Waals surface area contributed by atoms with Crippen molar-refractivity contribution in [1.82, 2.24) is 20.5 Å². The van der Waals surface area contributed by atoms with E-state index in [0.29, 0.717) is 5.92 Å². The Morgan fingerprint density at radius 2 is 1.97 bits per heavy atom. The number of hydrogen-bond donors (Lipinski definition) is 2. The average Bonchev–Trinajstić information content (AvgIpc) is 3.27. The van der Waals surface area contributed by atoms with Crippen molar-refractivity contribution >= 4 is 17.3 Å². The fraction of sp³-hybridized carbons (Fsp3) is 0.583. The van der Waals surface area contributed by atoms with Crippen LogP contribution in [0.4, 0.5) is 0 Å². The van der Waals surface area contributed by atoms with E-state index < -0.39 is 0 Å². The monoisotopic (exact) mass is 443 g/mol. The minimum absolute atomic E-state index is 0.661. The molecule has 1 saturated heterocycles. The van der Waals surface area contributed by atoms with E-state index in [-0.39, 0.29) is 0 Å². The number of methoxy groups -OCH3 is 1. The molecule has 6 nitrogen and oxygen atoms in total. The van der Waals surface area contributed by atoms with Gasteiger partial charge in [0.2, 0.25) is 0 Å². The van der Waals surface area contributed by atoms with E-state index in [9.17, 15) is 0 Å². The summed E-state index contributed by atoms with van der Waals surface area (Å²) in [6, 6.07) is 8.42. The maximum absolute atomic E-state index is 5.25. The van der Waals surface area contributed by atoms with E-state index in [1.807, 2.05) is 29.7 Å². The first-order valence-corrected chi connectivity index (χ1v) is 12.3. The Labute approximate surface area is 191 Å². The summed E-state index contributed by atoms with van der Waals surface area (Å²) in [5.41, 5.74) is 1.35. The molecule has 1 aliphatic heterocycles. The number of nitrogens with zero attached hydrogens (tertiary/aromatic N) is 3. The Morgan fingerprint density at radius 1 is 1.19 bits per heavy atom. The third-order valence-corrected chi connectivity index (χ3v) is 6.91. The summed E-state index contributed by atoms with van der Waals surface area (Å²) in [6.45, 7) is 10.2. The van der Waals surface area contributed by atoms with Crippen LogP contribution in [-0.2, 0) is 19.4 Å². The number of aromatic nitrogens is 1. The second-order valence-corrected chi connectivity index (χ2v) is 9.24. The summed E-state index contributed by atoms with van der Waals surface area (Å²) >= 11 is 1.81. The number of likely N-dealkylation sites (tertiary alicyclic amines) is 1. The Morgan fingerprint density at radius 3 is 2.61 bits per heavy atom. The van der Waals surface area contributed by atoms with E-state index in [4.69, 9.17) is 9.73 Å². The molecule has 0 aliphatic carbocycles. The SMILES string of the molecule is CCNC(=NCC1CCN(Cc2ccc(OC)cc2)CC1)NCCc1ncc(CC)s1. The second-order valence-electron chi connectivity index (χ2n) is 8.04. The van der Waals surface area contributed by atoms with Crippen LogP contribution in [0.3, 0.4) is 0 Å². The molecule has 170 valence electrons. The van der Waals surface area contributed by atoms with Crippen molar-refractivity contribution in [3.63, 3.8) is 0 Å². The van der Waals surface area contributed by atoms with E-state index in [0.717, 1.165) is 63.8 Å². The van der Waals surface area contributed by atoms with Crippen LogP contribution < -0.4 is 15.4 Å². The zero-order chi connectivity index (χ0) is 21.9. The smallest absolute Gasteiger partial charge is 0.191 e. The van der Waals surface area contributed by atoms with Gasteiger partial charge in [0.1, 0.15) is 5.75 Å². The number of hydrogen-bond acceptors (Lipinski definition) is 5. The Hall–Kier alpha value is -2.12. The quantitative estimate of drug-likeness (QED) is 0.433. The highest BCUT2D eigenvalue weighted by Gasteiger charge is 2.19. The number of aryl methyl sites for hydroxylation is 1. The van der Waals surface area contributed by atoms with Crippen LogP contribution in [0.2, 0.25) is 0 Å². The highest BCUT2D eigenvalue weighted by molar-refractivity contribution is 7.11. The summed E-state index contributed by atoms with van der Waals surface area (Å²) < 4.78 is 5.25. The van der Waals surface area contributed by atoms with Gasteiger partial charge in [0.05, 0.1) is 12.1 Å². The topological polar surface area (TPSA) is 61.8 Å². The van der Waals surface area contributed by atoms with Crippen LogP contribution in [0.5, 0.6) is 5.75 Å². The summed E-state index contributed by atoms with van der Waals surface area (Å²) in [5, 5.41) is 8.05. The van der Waals surface area contributed by atoms with Crippen molar-refractivity contribution in [1.29, 1.82) is 0 Å². The second kappa shape index (κ2) is 12.7. The van der Waals surface area contributed by atoms with Gasteiger partial charge in [-0.1, -0.05) is 19.1 Å². The van der Waals surface area contributed by atoms with Gasteiger partial charge < -0.3 is 15.4 Å². The molecule has 0 bridgehead atoms. The molecule has 0 radical (unpaired) electrons. The summed E-state index contributed by atoms with van der Waals surface area (Å²) in [6.07, 6.45) is 6.42. The molecule has 0 unspecified atom stereocenters. The maximum atomic E-state index is 5.25. The first-order chi connectivity index (χ1) is 15.2. The van der Waals surface area contributed by atoms with E-state index >= 15 is 0 Å². The molecule has 2 N–H and O–H groups in total. The summed E-state index contributed by atoms with van der Waals surface area (Å²) in [5.74, 6) is 2.51. The maximum Gasteiger partial charge on any atom is 0.191 e. The van der Waals surface area contributed by atoms with Crippen LogP contribution in [0.25, 0.3) is 0 Å². The minimum Gasteiger partial charge on any atom is -0.497 e. The number of piperidine rings is 1. The van der Waals surface area contributed by atoms with Crippen LogP contribution >= 0.6 is 11.3 Å². The average molecular weight is 444 g/mol. The Bertz CT molecular complexity index is 797. The molecule has 1 aromatic heterocycles. The van der Waals surface area contributed by atoms with E-state index in [2.05, 4.69) is 46.5 Å². The third-order valence-electron chi connectivity index (χ3n) is 5.71. The predicted molar refractivity (Wildman–Crippen MR) is 130 cm³/mol. The number of thiazole rings is 1. The zero-order valence-electron chi connectivity index (χ0n) is 19.2. The number of rotatable bonds is 10. The third kappa shape index (κ3) is 7.82. The summed E-state index contributed by atoms with van der Waals surface area (Å²) in [4.78, 5) is 13.3. The Balaban J connectivity index is 1.39. The molecule has 0 spiro atoms. The number of ether oxygens (including phenoxy) is 1. The normalized spacial score (nSPS) is 15.8. The molecule has 1 aliphatic rings. The van der Waals surface area contributed by atoms with Crippen molar-refractivity contribution in [3.05, 3.63) is 45.9 Å². The molecule has 7 heteroatoms. The number of aliphatic imine (C=N–C) groups is 1. The number of guanidine groups is 1. The van der Waals surface area contributed by atoms with Crippen molar-refractivity contribution in [2.24, 2.45) is 10.9 Å². The highest BCUT2D eigenvalue weighted by atomic mass is 32.1. The summed E-state index contributed by atoms with van der Waals surface area (Å²) in [7, 11) is 1.71. The van der Waals surface area contributed by atoms with Gasteiger partial charge in [-0.2, -0.15) is 0 Å². The molecule has 1 aromatic carbocycles. The van der Waals surface area contributed by atoms with Crippen molar-refractivity contribution < 1.29 is 4.74 Å². The molecule has 31 heavy (non-hydrogen) atoms. The van der Waals surface area contributed by atoms with Gasteiger partial charge in [0.15, 0.2) is 5.96 Å². The lowest BCUT2D eigenvalue weighted by molar-refractivity contribution is 0.180. The first-order valence-electron chi connectivity index (χ1n) is 11.5. The minimum atomic E-state index is 0.661. The van der Waals surface area contributed by atoms with Gasteiger partial charge in [-0.05, 0) is 62.9 Å². The standard InChI is InChI=1S/C24H37N5OS/c1-4-22-17-27-23(31-22)10-13-26-24(25-5-2)28-16-19-11-14-29(15-12-19)18-20-6-8-21(30-3)9-7-20/h6-9,17,19H,4-5,10-16,18H2,1-3H3,(H2,25,26,28). The van der Waals surface area contributed by atoms with Crippen molar-refractivity contribution in [2.45, 2.75) is 46.1 Å². The fourth-order valence-corrected chi connectivity index (χ4v) is 4.66. The van der Waals surface area contributed by atoms with Gasteiger partial charge in [-0.25, -0.2) is 4.98 Å². The molecule has 0 saturated carbocycles. The van der Waals surface area contributed by atoms with Gasteiger partial charge >= 0.3 is 0 Å². The van der Waals surface area contributed by atoms with Crippen LogP contribution in [0.15, 0.2) is 35.5 Å². The Kier molecular flexibility index (Phi) is 9.62. The molecular formula is C24H37N5OS. The lowest BCUT2D eigenvalue weighted by atomic mass is 9.96. The molecule has 2 aromatic rings. The van der Waals surface area contributed by atoms with Crippen LogP contribution in [0, 0.1) is 5.92 Å². The zero-order valence-corrected chi connectivity index (χ0v) is 20.0. The van der Waals surface area contributed by atoms with Crippen molar-refractivity contribution in [2.75, 3.05) is 39.8 Å². The van der Waals surface area contributed by atoms with E-state index in [1.54, 1.807) is 7.11 Å². The lowest BCUT2D eigenvalue weighted by Gasteiger charge is -2.31. The van der Waals surface area contributed by atoms with Crippen molar-refractivity contribution in [3.8, 4) is 5.75 Å². The molecule has 3 rings (SSSR count). The van der Waals surface area contributed by atoms with E-state index in [1.165, 1.54) is 28.3 Å². The molecule has 1 fully saturated rings. The predicted octanol–water partition coefficient (Wildman–Crippen LogP) is 3.72. The molecular weight excluding hydrogens is 406 g/mol. The largest absolute Gasteiger partial charge is 0.497 e. The highest BCUT2D eigenvalue weighted by Crippen LogP contribution is 2.20. The van der Waals surface area contributed by atoms with Crippen LogP contribution in [0.1, 0.15) is 42.1 Å². The molecule has 0 atom stereocenters. The van der Waals surface area contributed by atoms with Gasteiger partial charge in [-0.15, -0.1) is 11.3 Å². The van der Waals surface area contributed by atoms with Crippen LogP contribution in [-0.4, -0.2) is 55.7 Å². The fourth-order valence-electron chi connectivity index (χ4n) is 3.79. The molecule has 2 heterocycles. The van der Waals surface area contributed by atoms with Gasteiger partial charge in [0.25, 0.3) is 0 Å². The number of nitrogens with one attached hydrogen (secondary N) is 2. The lowest BCUT2D eigenvalue weighted by Crippen LogP contribution is -2.39. The first kappa shape index (κ1) is 23.5. The van der Waals surface area contributed by atoms with Gasteiger partial charge in [0, 0.05) is 43.7 Å². The molecule has 0 amide bonds. The number of benzene rings is 1. The van der Waals surface area contributed by atoms with Gasteiger partial charge in [-0.3, -0.25) is 9.89 Å².